The van der Waals surface area contributed by atoms with Crippen molar-refractivity contribution in [2.45, 2.75) is 6.42 Å². The number of rotatable bonds is 2. The maximum atomic E-state index is 11.0. The number of hydrogen-bond donors (Lipinski definition) is 1. The summed E-state index contributed by atoms with van der Waals surface area (Å²) in [5.41, 5.74) is 0.837. The molecule has 15 heavy (non-hydrogen) atoms. The number of ether oxygens (including phenoxy) is 1. The number of aromatic hydroxyl groups is 1. The summed E-state index contributed by atoms with van der Waals surface area (Å²) in [6, 6.07) is 4.83. The molecule has 0 aliphatic rings. The number of benzene rings is 1. The van der Waals surface area contributed by atoms with Crippen LogP contribution in [-0.2, 0) is 16.0 Å². The fourth-order valence-electron chi connectivity index (χ4n) is 1.37. The monoisotopic (exact) mass is 207 g/mol. The number of nitrogens with zero attached hydrogens (tertiary/aromatic N) is 1. The Labute approximate surface area is 85.2 Å². The first-order chi connectivity index (χ1) is 7.22. The van der Waals surface area contributed by atoms with Gasteiger partial charge in [0, 0.05) is 0 Å². The third kappa shape index (κ3) is 1.63. The normalized spacial score (nSPS) is 10.5. The zero-order valence-electron chi connectivity index (χ0n) is 8.06. The second-order valence-corrected chi connectivity index (χ2v) is 3.03. The second kappa shape index (κ2) is 3.61. The molecular formula is C10H9NO4. The summed E-state index contributed by atoms with van der Waals surface area (Å²) < 4.78 is 9.47. The van der Waals surface area contributed by atoms with Crippen molar-refractivity contribution in [1.29, 1.82) is 0 Å². The molecule has 0 unspecified atom stereocenters. The molecule has 2 rings (SSSR count). The van der Waals surface area contributed by atoms with Crippen molar-refractivity contribution >= 4 is 16.9 Å². The molecule has 5 nitrogen and oxygen atoms in total. The Bertz CT molecular complexity index is 503. The number of methoxy groups -OCH3 is 1. The van der Waals surface area contributed by atoms with Gasteiger partial charge in [-0.15, -0.1) is 0 Å². The summed E-state index contributed by atoms with van der Waals surface area (Å²) in [7, 11) is 1.30. The lowest BCUT2D eigenvalue weighted by molar-refractivity contribution is -0.139. The number of phenolic OH excluding ortho intramolecular Hbond substituents is 1. The molecule has 1 N–H and O–H groups in total. The average Bonchev–Trinajstić information content (AvgIpc) is 2.63. The van der Waals surface area contributed by atoms with Crippen LogP contribution >= 0.6 is 0 Å². The van der Waals surface area contributed by atoms with Crippen LogP contribution in [0, 0.1) is 0 Å². The quantitative estimate of drug-likeness (QED) is 0.750. The van der Waals surface area contributed by atoms with Crippen molar-refractivity contribution in [3.05, 3.63) is 23.9 Å². The van der Waals surface area contributed by atoms with Crippen LogP contribution in [0.4, 0.5) is 0 Å². The first kappa shape index (κ1) is 9.51. The van der Waals surface area contributed by atoms with Gasteiger partial charge in [0.1, 0.15) is 11.4 Å². The molecule has 0 saturated carbocycles. The molecule has 0 radical (unpaired) electrons. The summed E-state index contributed by atoms with van der Waals surface area (Å²) in [5.74, 6) is -0.374. The van der Waals surface area contributed by atoms with Gasteiger partial charge in [0.15, 0.2) is 5.58 Å². The van der Waals surface area contributed by atoms with Crippen LogP contribution in [0.15, 0.2) is 22.7 Å². The van der Waals surface area contributed by atoms with Gasteiger partial charge in [-0.2, -0.15) is 0 Å². The van der Waals surface area contributed by atoms with Crippen molar-refractivity contribution in [2.75, 3.05) is 7.11 Å². The van der Waals surface area contributed by atoms with E-state index in [1.807, 2.05) is 0 Å². The minimum absolute atomic E-state index is 0.0128. The number of aromatic nitrogens is 1. The molecular weight excluding hydrogens is 198 g/mol. The number of phenols is 1. The van der Waals surface area contributed by atoms with E-state index >= 15 is 0 Å². The summed E-state index contributed by atoms with van der Waals surface area (Å²) in [5, 5.41) is 13.7. The van der Waals surface area contributed by atoms with Gasteiger partial charge in [0.05, 0.1) is 18.9 Å². The van der Waals surface area contributed by atoms with E-state index in [1.54, 1.807) is 12.1 Å². The molecule has 0 aliphatic heterocycles. The zero-order chi connectivity index (χ0) is 10.8. The molecule has 0 fully saturated rings. The summed E-state index contributed by atoms with van der Waals surface area (Å²) in [6.07, 6.45) is -0.0128. The van der Waals surface area contributed by atoms with Crippen LogP contribution in [0.1, 0.15) is 5.69 Å². The van der Waals surface area contributed by atoms with Crippen LogP contribution in [0.3, 0.4) is 0 Å². The highest BCUT2D eigenvalue weighted by Crippen LogP contribution is 2.27. The molecule has 2 aromatic rings. The van der Waals surface area contributed by atoms with Crippen molar-refractivity contribution in [2.24, 2.45) is 0 Å². The van der Waals surface area contributed by atoms with Crippen LogP contribution < -0.4 is 0 Å². The van der Waals surface area contributed by atoms with E-state index in [4.69, 9.17) is 4.52 Å². The van der Waals surface area contributed by atoms with Gasteiger partial charge in [0.2, 0.25) is 0 Å². The summed E-state index contributed by atoms with van der Waals surface area (Å²) in [4.78, 5) is 11.0. The van der Waals surface area contributed by atoms with E-state index < -0.39 is 5.97 Å². The molecule has 0 saturated heterocycles. The largest absolute Gasteiger partial charge is 0.507 e. The van der Waals surface area contributed by atoms with Crippen LogP contribution in [0.2, 0.25) is 0 Å². The third-order valence-electron chi connectivity index (χ3n) is 2.09. The Morgan fingerprint density at radius 1 is 1.60 bits per heavy atom. The molecule has 0 amide bonds. The SMILES string of the molecule is COC(=O)Cc1noc2cccc(O)c12. The summed E-state index contributed by atoms with van der Waals surface area (Å²) in [6.45, 7) is 0. The van der Waals surface area contributed by atoms with Gasteiger partial charge in [-0.1, -0.05) is 11.2 Å². The highest BCUT2D eigenvalue weighted by atomic mass is 16.5. The predicted molar refractivity (Wildman–Crippen MR) is 51.4 cm³/mol. The number of hydrogen-bond acceptors (Lipinski definition) is 5. The molecule has 0 aliphatic carbocycles. The van der Waals surface area contributed by atoms with E-state index in [-0.39, 0.29) is 12.2 Å². The van der Waals surface area contributed by atoms with Gasteiger partial charge in [-0.3, -0.25) is 4.79 Å². The first-order valence-corrected chi connectivity index (χ1v) is 4.35. The van der Waals surface area contributed by atoms with Gasteiger partial charge in [-0.25, -0.2) is 0 Å². The fourth-order valence-corrected chi connectivity index (χ4v) is 1.37. The van der Waals surface area contributed by atoms with Gasteiger partial charge < -0.3 is 14.4 Å². The maximum Gasteiger partial charge on any atom is 0.311 e. The van der Waals surface area contributed by atoms with E-state index in [1.165, 1.54) is 13.2 Å². The Hall–Kier alpha value is -2.04. The number of carbonyl (C=O) groups is 1. The number of esters is 1. The van der Waals surface area contributed by atoms with Crippen LogP contribution in [0.5, 0.6) is 5.75 Å². The van der Waals surface area contributed by atoms with Crippen molar-refractivity contribution in [3.63, 3.8) is 0 Å². The van der Waals surface area contributed by atoms with Gasteiger partial charge in [-0.05, 0) is 12.1 Å². The summed E-state index contributed by atoms with van der Waals surface area (Å²) >= 11 is 0. The standard InChI is InChI=1S/C10H9NO4/c1-14-9(13)5-6-10-7(12)3-2-4-8(10)15-11-6/h2-4,12H,5H2,1H3. The molecule has 5 heteroatoms. The van der Waals surface area contributed by atoms with Gasteiger partial charge >= 0.3 is 5.97 Å². The highest BCUT2D eigenvalue weighted by Gasteiger charge is 2.15. The fraction of sp³-hybridized carbons (Fsp3) is 0.200. The Kier molecular flexibility index (Phi) is 2.29. The topological polar surface area (TPSA) is 72.6 Å². The molecule has 0 atom stereocenters. The smallest absolute Gasteiger partial charge is 0.311 e. The lowest BCUT2D eigenvalue weighted by Crippen LogP contribution is -2.04. The minimum Gasteiger partial charge on any atom is -0.507 e. The molecule has 0 bridgehead atoms. The lowest BCUT2D eigenvalue weighted by Gasteiger charge is -1.96. The predicted octanol–water partition coefficient (Wildman–Crippen LogP) is 1.25. The van der Waals surface area contributed by atoms with Crippen molar-refractivity contribution in [3.8, 4) is 5.75 Å². The van der Waals surface area contributed by atoms with Crippen molar-refractivity contribution < 1.29 is 19.2 Å². The van der Waals surface area contributed by atoms with E-state index in [0.29, 0.717) is 16.7 Å². The molecule has 1 aromatic carbocycles. The van der Waals surface area contributed by atoms with Crippen LogP contribution in [0.25, 0.3) is 11.0 Å². The maximum absolute atomic E-state index is 11.0. The molecule has 1 aromatic heterocycles. The average molecular weight is 207 g/mol. The third-order valence-corrected chi connectivity index (χ3v) is 2.09. The van der Waals surface area contributed by atoms with E-state index in [2.05, 4.69) is 9.89 Å². The zero-order valence-corrected chi connectivity index (χ0v) is 8.06. The molecule has 0 spiro atoms. The first-order valence-electron chi connectivity index (χ1n) is 4.35. The van der Waals surface area contributed by atoms with Gasteiger partial charge in [0.25, 0.3) is 0 Å². The number of carbonyl (C=O) groups excluding carboxylic acids is 1. The molecule has 78 valence electrons. The second-order valence-electron chi connectivity index (χ2n) is 3.03. The Morgan fingerprint density at radius 3 is 3.13 bits per heavy atom. The Morgan fingerprint density at radius 2 is 2.40 bits per heavy atom. The minimum atomic E-state index is -0.423. The van der Waals surface area contributed by atoms with Crippen LogP contribution in [-0.4, -0.2) is 23.3 Å². The number of fused-ring (bicyclic) bond motifs is 1. The van der Waals surface area contributed by atoms with E-state index in [0.717, 1.165) is 0 Å². The van der Waals surface area contributed by atoms with Crippen molar-refractivity contribution in [1.82, 2.24) is 5.16 Å². The molecule has 1 heterocycles. The van der Waals surface area contributed by atoms with E-state index in [9.17, 15) is 9.90 Å². The highest BCUT2D eigenvalue weighted by molar-refractivity contribution is 5.88. The Balaban J connectivity index is 2.48. The lowest BCUT2D eigenvalue weighted by atomic mass is 10.1.